The fraction of sp³-hybridized carbons (Fsp3) is 0.500. The third-order valence-electron chi connectivity index (χ3n) is 3.80. The van der Waals surface area contributed by atoms with Crippen LogP contribution in [0.1, 0.15) is 38.9 Å². The van der Waals surface area contributed by atoms with E-state index in [0.717, 1.165) is 30.6 Å². The van der Waals surface area contributed by atoms with Crippen molar-refractivity contribution in [1.29, 1.82) is 0 Å². The smallest absolute Gasteiger partial charge is 0.257 e. The normalized spacial score (nSPS) is 16.8. The Morgan fingerprint density at radius 3 is 2.57 bits per heavy atom. The molecular formula is C16H21N3O2. The van der Waals surface area contributed by atoms with E-state index in [9.17, 15) is 0 Å². The zero-order valence-electron chi connectivity index (χ0n) is 12.5. The number of ether oxygens (including phenoxy) is 1. The fourth-order valence-electron chi connectivity index (χ4n) is 2.28. The van der Waals surface area contributed by atoms with Gasteiger partial charge >= 0.3 is 0 Å². The van der Waals surface area contributed by atoms with E-state index in [1.165, 1.54) is 0 Å². The van der Waals surface area contributed by atoms with E-state index in [2.05, 4.69) is 24.0 Å². The number of aromatic nitrogens is 2. The van der Waals surface area contributed by atoms with Crippen molar-refractivity contribution in [2.75, 3.05) is 6.61 Å². The van der Waals surface area contributed by atoms with Crippen LogP contribution < -0.4 is 10.5 Å². The summed E-state index contributed by atoms with van der Waals surface area (Å²) in [7, 11) is 0. The first-order chi connectivity index (χ1) is 10.1. The van der Waals surface area contributed by atoms with E-state index in [4.69, 9.17) is 15.0 Å². The van der Waals surface area contributed by atoms with Gasteiger partial charge in [0.25, 0.3) is 5.89 Å². The van der Waals surface area contributed by atoms with Crippen molar-refractivity contribution in [1.82, 2.24) is 10.1 Å². The molecule has 3 rings (SSSR count). The Balaban J connectivity index is 1.72. The lowest BCUT2D eigenvalue weighted by molar-refractivity contribution is 0.229. The Bertz CT molecular complexity index is 600. The van der Waals surface area contributed by atoms with E-state index in [1.54, 1.807) is 0 Å². The number of benzene rings is 1. The van der Waals surface area contributed by atoms with E-state index < -0.39 is 0 Å². The van der Waals surface area contributed by atoms with E-state index in [1.807, 2.05) is 24.3 Å². The van der Waals surface area contributed by atoms with Crippen LogP contribution in [0, 0.1) is 5.92 Å². The Morgan fingerprint density at radius 1 is 1.29 bits per heavy atom. The molecule has 0 amide bonds. The average molecular weight is 287 g/mol. The first kappa shape index (κ1) is 14.1. The maximum absolute atomic E-state index is 6.20. The zero-order chi connectivity index (χ0) is 14.9. The highest BCUT2D eigenvalue weighted by molar-refractivity contribution is 5.54. The summed E-state index contributed by atoms with van der Waals surface area (Å²) in [6, 6.07) is 7.69. The van der Waals surface area contributed by atoms with Crippen molar-refractivity contribution >= 4 is 0 Å². The van der Waals surface area contributed by atoms with Gasteiger partial charge < -0.3 is 15.0 Å². The monoisotopic (exact) mass is 287 g/mol. The molecule has 1 aliphatic rings. The standard InChI is InChI=1S/C16H21N3O2/c1-11(2)10-20-13-6-4-12(5-7-13)14-18-15(19-21-14)16(17)8-3-9-16/h4-7,11H,3,8-10,17H2,1-2H3. The second-order valence-electron chi connectivity index (χ2n) is 6.16. The molecule has 0 bridgehead atoms. The highest BCUT2D eigenvalue weighted by Gasteiger charge is 2.39. The van der Waals surface area contributed by atoms with Crippen LogP contribution in [0.5, 0.6) is 5.75 Å². The molecule has 1 heterocycles. The predicted octanol–water partition coefficient (Wildman–Crippen LogP) is 3.11. The third-order valence-corrected chi connectivity index (χ3v) is 3.80. The zero-order valence-corrected chi connectivity index (χ0v) is 12.5. The molecule has 0 aliphatic heterocycles. The predicted molar refractivity (Wildman–Crippen MR) is 79.8 cm³/mol. The van der Waals surface area contributed by atoms with Gasteiger partial charge in [0.2, 0.25) is 0 Å². The summed E-state index contributed by atoms with van der Waals surface area (Å²) in [5.74, 6) is 2.48. The molecule has 2 aromatic rings. The lowest BCUT2D eigenvalue weighted by Gasteiger charge is -2.34. The average Bonchev–Trinajstić information content (AvgIpc) is 2.93. The Labute approximate surface area is 124 Å². The van der Waals surface area contributed by atoms with Crippen LogP contribution in [0.3, 0.4) is 0 Å². The quantitative estimate of drug-likeness (QED) is 0.914. The molecule has 5 heteroatoms. The largest absolute Gasteiger partial charge is 0.493 e. The van der Waals surface area contributed by atoms with Gasteiger partial charge in [0.1, 0.15) is 5.75 Å². The molecule has 0 unspecified atom stereocenters. The molecule has 2 N–H and O–H groups in total. The summed E-state index contributed by atoms with van der Waals surface area (Å²) in [5, 5.41) is 4.03. The second kappa shape index (κ2) is 5.48. The van der Waals surface area contributed by atoms with Crippen LogP contribution in [-0.4, -0.2) is 16.7 Å². The highest BCUT2D eigenvalue weighted by Crippen LogP contribution is 2.37. The van der Waals surface area contributed by atoms with Crippen molar-refractivity contribution in [3.05, 3.63) is 30.1 Å². The fourth-order valence-corrected chi connectivity index (χ4v) is 2.28. The maximum Gasteiger partial charge on any atom is 0.257 e. The molecule has 5 nitrogen and oxygen atoms in total. The Kier molecular flexibility index (Phi) is 3.68. The third kappa shape index (κ3) is 2.93. The van der Waals surface area contributed by atoms with E-state index >= 15 is 0 Å². The molecule has 1 fully saturated rings. The van der Waals surface area contributed by atoms with Crippen molar-refractivity contribution in [2.24, 2.45) is 11.7 Å². The Hall–Kier alpha value is -1.88. The van der Waals surface area contributed by atoms with Gasteiger partial charge in [-0.05, 0) is 49.4 Å². The molecular weight excluding hydrogens is 266 g/mol. The summed E-state index contributed by atoms with van der Waals surface area (Å²) < 4.78 is 11.0. The van der Waals surface area contributed by atoms with E-state index in [0.29, 0.717) is 24.2 Å². The number of rotatable bonds is 5. The minimum absolute atomic E-state index is 0.387. The summed E-state index contributed by atoms with van der Waals surface area (Å²) in [6.45, 7) is 4.95. The molecule has 21 heavy (non-hydrogen) atoms. The van der Waals surface area contributed by atoms with E-state index in [-0.39, 0.29) is 5.54 Å². The highest BCUT2D eigenvalue weighted by atomic mass is 16.5. The number of hydrogen-bond donors (Lipinski definition) is 1. The minimum atomic E-state index is -0.387. The van der Waals surface area contributed by atoms with Crippen LogP contribution in [0.15, 0.2) is 28.8 Å². The summed E-state index contributed by atoms with van der Waals surface area (Å²) in [5.41, 5.74) is 6.70. The van der Waals surface area contributed by atoms with Crippen LogP contribution >= 0.6 is 0 Å². The Morgan fingerprint density at radius 2 is 2.00 bits per heavy atom. The summed E-state index contributed by atoms with van der Waals surface area (Å²) in [6.07, 6.45) is 2.98. The first-order valence-electron chi connectivity index (χ1n) is 7.43. The molecule has 1 aliphatic carbocycles. The van der Waals surface area contributed by atoms with Gasteiger partial charge in [0, 0.05) is 5.56 Å². The van der Waals surface area contributed by atoms with Gasteiger partial charge in [-0.1, -0.05) is 19.0 Å². The maximum atomic E-state index is 6.20. The number of nitrogens with zero attached hydrogens (tertiary/aromatic N) is 2. The van der Waals surface area contributed by atoms with Gasteiger partial charge in [-0.15, -0.1) is 0 Å². The molecule has 0 atom stereocenters. The minimum Gasteiger partial charge on any atom is -0.493 e. The first-order valence-corrected chi connectivity index (χ1v) is 7.43. The molecule has 1 aromatic heterocycles. The number of nitrogens with two attached hydrogens (primary N) is 1. The van der Waals surface area contributed by atoms with Crippen LogP contribution in [0.4, 0.5) is 0 Å². The summed E-state index contributed by atoms with van der Waals surface area (Å²) >= 11 is 0. The molecule has 112 valence electrons. The molecule has 1 aromatic carbocycles. The molecule has 0 spiro atoms. The summed E-state index contributed by atoms with van der Waals surface area (Å²) in [4.78, 5) is 4.43. The topological polar surface area (TPSA) is 74.2 Å². The lowest BCUT2D eigenvalue weighted by atomic mass is 9.77. The van der Waals surface area contributed by atoms with Crippen LogP contribution in [0.25, 0.3) is 11.5 Å². The molecule has 1 saturated carbocycles. The molecule has 0 saturated heterocycles. The van der Waals surface area contributed by atoms with Crippen LogP contribution in [0.2, 0.25) is 0 Å². The van der Waals surface area contributed by atoms with Gasteiger partial charge in [-0.2, -0.15) is 4.98 Å². The second-order valence-corrected chi connectivity index (χ2v) is 6.16. The SMILES string of the molecule is CC(C)COc1ccc(-c2nc(C3(N)CCC3)no2)cc1. The van der Waals surface area contributed by atoms with Crippen molar-refractivity contribution < 1.29 is 9.26 Å². The van der Waals surface area contributed by atoms with Gasteiger partial charge in [-0.3, -0.25) is 0 Å². The van der Waals surface area contributed by atoms with Gasteiger partial charge in [-0.25, -0.2) is 0 Å². The number of hydrogen-bond acceptors (Lipinski definition) is 5. The van der Waals surface area contributed by atoms with Crippen molar-refractivity contribution in [3.8, 4) is 17.2 Å². The molecule has 0 radical (unpaired) electrons. The lowest BCUT2D eigenvalue weighted by Crippen LogP contribution is -2.44. The van der Waals surface area contributed by atoms with Crippen molar-refractivity contribution in [2.45, 2.75) is 38.6 Å². The van der Waals surface area contributed by atoms with Crippen LogP contribution in [-0.2, 0) is 5.54 Å². The van der Waals surface area contributed by atoms with Gasteiger partial charge in [0.15, 0.2) is 5.82 Å². The van der Waals surface area contributed by atoms with Crippen molar-refractivity contribution in [3.63, 3.8) is 0 Å². The van der Waals surface area contributed by atoms with Gasteiger partial charge in [0.05, 0.1) is 12.1 Å².